The van der Waals surface area contributed by atoms with Gasteiger partial charge in [-0.3, -0.25) is 4.79 Å². The molecule has 2 aliphatic carbocycles. The second kappa shape index (κ2) is 6.85. The van der Waals surface area contributed by atoms with Gasteiger partial charge in [0.25, 0.3) is 5.91 Å². The van der Waals surface area contributed by atoms with Crippen LogP contribution < -0.4 is 0 Å². The first-order chi connectivity index (χ1) is 11.7. The maximum Gasteiger partial charge on any atom is 0.273 e. The first kappa shape index (κ1) is 16.1. The van der Waals surface area contributed by atoms with Crippen LogP contribution in [-0.2, 0) is 0 Å². The van der Waals surface area contributed by atoms with E-state index in [0.717, 1.165) is 36.3 Å². The van der Waals surface area contributed by atoms with E-state index in [9.17, 15) is 4.79 Å². The summed E-state index contributed by atoms with van der Waals surface area (Å²) in [6.07, 6.45) is 8.37. The third-order valence-corrected chi connectivity index (χ3v) is 6.06. The summed E-state index contributed by atoms with van der Waals surface area (Å²) >= 11 is 7.59. The van der Waals surface area contributed by atoms with E-state index in [1.165, 1.54) is 30.6 Å². The molecule has 126 valence electrons. The molecule has 3 nitrogen and oxygen atoms in total. The summed E-state index contributed by atoms with van der Waals surface area (Å²) in [4.78, 5) is 19.8. The van der Waals surface area contributed by atoms with Crippen molar-refractivity contribution in [3.8, 4) is 10.6 Å². The fourth-order valence-corrected chi connectivity index (χ4v) is 4.58. The van der Waals surface area contributed by atoms with E-state index in [4.69, 9.17) is 11.6 Å². The van der Waals surface area contributed by atoms with Crippen LogP contribution >= 0.6 is 22.9 Å². The summed E-state index contributed by atoms with van der Waals surface area (Å²) in [6, 6.07) is 8.50. The Bertz CT molecular complexity index is 734. The van der Waals surface area contributed by atoms with Gasteiger partial charge in [-0.15, -0.1) is 11.3 Å². The zero-order valence-electron chi connectivity index (χ0n) is 13.6. The summed E-state index contributed by atoms with van der Waals surface area (Å²) in [5.41, 5.74) is 1.56. The van der Waals surface area contributed by atoms with Crippen LogP contribution in [-0.4, -0.2) is 27.9 Å². The second-order valence-electron chi connectivity index (χ2n) is 6.78. The van der Waals surface area contributed by atoms with Gasteiger partial charge in [0.05, 0.1) is 0 Å². The highest BCUT2D eigenvalue weighted by Crippen LogP contribution is 2.35. The van der Waals surface area contributed by atoms with Gasteiger partial charge in [0.1, 0.15) is 10.7 Å². The molecule has 0 spiro atoms. The number of rotatable bonds is 4. The zero-order valence-corrected chi connectivity index (χ0v) is 15.2. The van der Waals surface area contributed by atoms with Crippen LogP contribution in [0.3, 0.4) is 0 Å². The Morgan fingerprint density at radius 2 is 1.88 bits per heavy atom. The average molecular weight is 361 g/mol. The summed E-state index contributed by atoms with van der Waals surface area (Å²) in [6.45, 7) is 0. The first-order valence-corrected chi connectivity index (χ1v) is 10.0. The molecule has 0 atom stereocenters. The smallest absolute Gasteiger partial charge is 0.273 e. The van der Waals surface area contributed by atoms with Crippen molar-refractivity contribution in [2.45, 2.75) is 57.0 Å². The van der Waals surface area contributed by atoms with Crippen LogP contribution in [0.4, 0.5) is 0 Å². The largest absolute Gasteiger partial charge is 0.331 e. The Kier molecular flexibility index (Phi) is 4.59. The van der Waals surface area contributed by atoms with Crippen molar-refractivity contribution in [1.29, 1.82) is 0 Å². The molecule has 2 saturated carbocycles. The van der Waals surface area contributed by atoms with Gasteiger partial charge in [-0.25, -0.2) is 4.98 Å². The van der Waals surface area contributed by atoms with Crippen molar-refractivity contribution < 1.29 is 4.79 Å². The van der Waals surface area contributed by atoms with Gasteiger partial charge in [0, 0.05) is 28.0 Å². The minimum atomic E-state index is 0.119. The quantitative estimate of drug-likeness (QED) is 0.731. The molecule has 0 unspecified atom stereocenters. The van der Waals surface area contributed by atoms with Crippen molar-refractivity contribution in [3.63, 3.8) is 0 Å². The highest BCUT2D eigenvalue weighted by molar-refractivity contribution is 7.13. The fraction of sp³-hybridized carbons (Fsp3) is 0.474. The number of benzene rings is 1. The van der Waals surface area contributed by atoms with E-state index in [-0.39, 0.29) is 5.91 Å². The Morgan fingerprint density at radius 1 is 1.12 bits per heavy atom. The molecule has 0 radical (unpaired) electrons. The maximum atomic E-state index is 13.1. The SMILES string of the molecule is O=C(c1csc(-c2cccc(Cl)c2)n1)N(C1CCCCC1)C1CC1. The molecule has 0 N–H and O–H groups in total. The van der Waals surface area contributed by atoms with Crippen molar-refractivity contribution >= 4 is 28.8 Å². The lowest BCUT2D eigenvalue weighted by atomic mass is 9.94. The van der Waals surface area contributed by atoms with E-state index in [2.05, 4.69) is 9.88 Å². The summed E-state index contributed by atoms with van der Waals surface area (Å²) in [5, 5.41) is 3.45. The van der Waals surface area contributed by atoms with Crippen molar-refractivity contribution in [1.82, 2.24) is 9.88 Å². The summed E-state index contributed by atoms with van der Waals surface area (Å²) < 4.78 is 0. The Hall–Kier alpha value is -1.39. The molecule has 0 aliphatic heterocycles. The Balaban J connectivity index is 1.57. The van der Waals surface area contributed by atoms with Gasteiger partial charge in [0.2, 0.25) is 0 Å². The maximum absolute atomic E-state index is 13.1. The average Bonchev–Trinajstić information content (AvgIpc) is 3.30. The lowest BCUT2D eigenvalue weighted by Gasteiger charge is -2.34. The number of hydrogen-bond acceptors (Lipinski definition) is 3. The Morgan fingerprint density at radius 3 is 2.58 bits per heavy atom. The molecule has 4 rings (SSSR count). The standard InChI is InChI=1S/C19H21ClN2OS/c20-14-6-4-5-13(11-14)18-21-17(12-24-18)19(23)22(16-9-10-16)15-7-2-1-3-8-15/h4-6,11-12,15-16H,1-3,7-10H2. The molecular formula is C19H21ClN2OS. The number of amides is 1. The van der Waals surface area contributed by atoms with Crippen molar-refractivity contribution in [3.05, 3.63) is 40.4 Å². The van der Waals surface area contributed by atoms with Crippen molar-refractivity contribution in [2.24, 2.45) is 0 Å². The summed E-state index contributed by atoms with van der Waals surface area (Å²) in [5.74, 6) is 0.119. The topological polar surface area (TPSA) is 33.2 Å². The predicted octanol–water partition coefficient (Wildman–Crippen LogP) is 5.40. The Labute approximate surface area is 151 Å². The van der Waals surface area contributed by atoms with Crippen LogP contribution in [0.5, 0.6) is 0 Å². The summed E-state index contributed by atoms with van der Waals surface area (Å²) in [7, 11) is 0. The monoisotopic (exact) mass is 360 g/mol. The highest BCUT2D eigenvalue weighted by Gasteiger charge is 2.38. The molecule has 1 amide bonds. The van der Waals surface area contributed by atoms with Crippen LogP contribution in [0.2, 0.25) is 5.02 Å². The van der Waals surface area contributed by atoms with Gasteiger partial charge in [-0.2, -0.15) is 0 Å². The number of halogens is 1. The number of hydrogen-bond donors (Lipinski definition) is 0. The number of carbonyl (C=O) groups is 1. The van der Waals surface area contributed by atoms with E-state index in [1.807, 2.05) is 29.6 Å². The third-order valence-electron chi connectivity index (χ3n) is 4.94. The number of aromatic nitrogens is 1. The lowest BCUT2D eigenvalue weighted by molar-refractivity contribution is 0.0609. The molecule has 0 saturated heterocycles. The molecule has 1 aromatic carbocycles. The van der Waals surface area contributed by atoms with Crippen LogP contribution in [0.25, 0.3) is 10.6 Å². The molecule has 5 heteroatoms. The van der Waals surface area contributed by atoms with E-state index in [0.29, 0.717) is 22.8 Å². The minimum Gasteiger partial charge on any atom is -0.331 e. The number of carbonyl (C=O) groups excluding carboxylic acids is 1. The van der Waals surface area contributed by atoms with Crippen LogP contribution in [0, 0.1) is 0 Å². The predicted molar refractivity (Wildman–Crippen MR) is 98.6 cm³/mol. The zero-order chi connectivity index (χ0) is 16.5. The van der Waals surface area contributed by atoms with E-state index in [1.54, 1.807) is 0 Å². The second-order valence-corrected chi connectivity index (χ2v) is 8.08. The normalized spacial score (nSPS) is 18.5. The van der Waals surface area contributed by atoms with E-state index < -0.39 is 0 Å². The molecule has 24 heavy (non-hydrogen) atoms. The number of nitrogens with zero attached hydrogens (tertiary/aromatic N) is 2. The third kappa shape index (κ3) is 3.35. The molecule has 2 aromatic rings. The van der Waals surface area contributed by atoms with Crippen LogP contribution in [0.15, 0.2) is 29.6 Å². The fourth-order valence-electron chi connectivity index (χ4n) is 3.60. The van der Waals surface area contributed by atoms with Gasteiger partial charge in [-0.1, -0.05) is 43.0 Å². The van der Waals surface area contributed by atoms with Crippen molar-refractivity contribution in [2.75, 3.05) is 0 Å². The van der Waals surface area contributed by atoms with Gasteiger partial charge in [0.15, 0.2) is 0 Å². The van der Waals surface area contributed by atoms with Crippen LogP contribution in [0.1, 0.15) is 55.4 Å². The minimum absolute atomic E-state index is 0.119. The first-order valence-electron chi connectivity index (χ1n) is 8.76. The highest BCUT2D eigenvalue weighted by atomic mass is 35.5. The molecular weight excluding hydrogens is 340 g/mol. The lowest BCUT2D eigenvalue weighted by Crippen LogP contribution is -2.43. The molecule has 2 fully saturated rings. The molecule has 2 aliphatic rings. The van der Waals surface area contributed by atoms with E-state index >= 15 is 0 Å². The van der Waals surface area contributed by atoms with Gasteiger partial charge < -0.3 is 4.90 Å². The van der Waals surface area contributed by atoms with Gasteiger partial charge >= 0.3 is 0 Å². The molecule has 1 aromatic heterocycles. The molecule has 0 bridgehead atoms. The number of thiazole rings is 1. The molecule has 1 heterocycles. The van der Waals surface area contributed by atoms with Gasteiger partial charge in [-0.05, 0) is 37.8 Å².